The maximum absolute atomic E-state index is 12.3. The van der Waals surface area contributed by atoms with Crippen LogP contribution in [0.3, 0.4) is 0 Å². The lowest BCUT2D eigenvalue weighted by molar-refractivity contribution is -0.157. The Morgan fingerprint density at radius 2 is 1.83 bits per heavy atom. The first-order valence-corrected chi connectivity index (χ1v) is 6.68. The third kappa shape index (κ3) is 4.02. The molecule has 2 aromatic rings. The van der Waals surface area contributed by atoms with Gasteiger partial charge in [0.1, 0.15) is 11.6 Å². The van der Waals surface area contributed by atoms with Gasteiger partial charge < -0.3 is 14.8 Å². The smallest absolute Gasteiger partial charge is 0.391 e. The van der Waals surface area contributed by atoms with Crippen LogP contribution in [0.2, 0.25) is 0 Å². The molecule has 23 heavy (non-hydrogen) atoms. The number of fused-ring (bicyclic) bond motifs is 1. The normalized spacial score (nSPS) is 13.1. The molecule has 1 unspecified atom stereocenters. The summed E-state index contributed by atoms with van der Waals surface area (Å²) in [5, 5.41) is 11.2. The van der Waals surface area contributed by atoms with Crippen molar-refractivity contribution in [3.05, 3.63) is 35.1 Å². The van der Waals surface area contributed by atoms with E-state index < -0.39 is 30.5 Å². The van der Waals surface area contributed by atoms with Crippen molar-refractivity contribution >= 4 is 22.8 Å². The van der Waals surface area contributed by atoms with E-state index in [9.17, 15) is 22.8 Å². The highest BCUT2D eigenvalue weighted by Crippen LogP contribution is 2.24. The SMILES string of the molecule is Cc1cc2cc(C(=O)NC(CC(F)(F)F)C(=O)O)oc2cc1C. The van der Waals surface area contributed by atoms with Crippen LogP contribution in [0, 0.1) is 13.8 Å². The highest BCUT2D eigenvalue weighted by Gasteiger charge is 2.36. The van der Waals surface area contributed by atoms with Crippen molar-refractivity contribution in [3.8, 4) is 0 Å². The number of amides is 1. The molecule has 1 amide bonds. The van der Waals surface area contributed by atoms with Crippen molar-refractivity contribution in [2.45, 2.75) is 32.5 Å². The first-order chi connectivity index (χ1) is 10.6. The monoisotopic (exact) mass is 329 g/mol. The Morgan fingerprint density at radius 1 is 1.22 bits per heavy atom. The van der Waals surface area contributed by atoms with Gasteiger partial charge in [-0.3, -0.25) is 4.79 Å². The largest absolute Gasteiger partial charge is 0.480 e. The minimum Gasteiger partial charge on any atom is -0.480 e. The summed E-state index contributed by atoms with van der Waals surface area (Å²) in [6.07, 6.45) is -6.37. The second-order valence-corrected chi connectivity index (χ2v) is 5.27. The van der Waals surface area contributed by atoms with Gasteiger partial charge in [0.05, 0.1) is 6.42 Å². The molecule has 0 fully saturated rings. The van der Waals surface area contributed by atoms with Crippen molar-refractivity contribution in [2.24, 2.45) is 0 Å². The molecule has 124 valence electrons. The topological polar surface area (TPSA) is 79.5 Å². The number of hydrogen-bond acceptors (Lipinski definition) is 3. The number of aliphatic carboxylic acids is 1. The zero-order valence-electron chi connectivity index (χ0n) is 12.3. The molecule has 1 atom stereocenters. The van der Waals surface area contributed by atoms with E-state index in [0.717, 1.165) is 11.1 Å². The minimum atomic E-state index is -4.71. The van der Waals surface area contributed by atoms with Crippen LogP contribution in [-0.4, -0.2) is 29.2 Å². The number of benzene rings is 1. The van der Waals surface area contributed by atoms with Crippen LogP contribution in [-0.2, 0) is 4.79 Å². The van der Waals surface area contributed by atoms with Crippen molar-refractivity contribution in [3.63, 3.8) is 0 Å². The van der Waals surface area contributed by atoms with Gasteiger partial charge in [-0.15, -0.1) is 0 Å². The van der Waals surface area contributed by atoms with E-state index in [1.807, 2.05) is 19.2 Å². The zero-order chi connectivity index (χ0) is 17.4. The van der Waals surface area contributed by atoms with Crippen LogP contribution in [0.5, 0.6) is 0 Å². The van der Waals surface area contributed by atoms with Gasteiger partial charge in [0.25, 0.3) is 5.91 Å². The Kier molecular flexibility index (Phi) is 4.35. The highest BCUT2D eigenvalue weighted by molar-refractivity contribution is 5.98. The molecule has 0 aliphatic carbocycles. The summed E-state index contributed by atoms with van der Waals surface area (Å²) in [6.45, 7) is 3.71. The summed E-state index contributed by atoms with van der Waals surface area (Å²) in [4.78, 5) is 22.8. The second kappa shape index (κ2) is 5.94. The maximum Gasteiger partial charge on any atom is 0.391 e. The number of furan rings is 1. The van der Waals surface area contributed by atoms with Crippen LogP contribution < -0.4 is 5.32 Å². The number of alkyl halides is 3. The average molecular weight is 329 g/mol. The average Bonchev–Trinajstić information content (AvgIpc) is 2.79. The predicted molar refractivity (Wildman–Crippen MR) is 75.3 cm³/mol. The molecule has 5 nitrogen and oxygen atoms in total. The Bertz CT molecular complexity index is 725. The molecule has 8 heteroatoms. The summed E-state index contributed by atoms with van der Waals surface area (Å²) in [7, 11) is 0. The summed E-state index contributed by atoms with van der Waals surface area (Å²) in [6, 6.07) is 2.77. The quantitative estimate of drug-likeness (QED) is 0.903. The molecule has 1 heterocycles. The molecule has 0 aliphatic rings. The van der Waals surface area contributed by atoms with Crippen molar-refractivity contribution in [1.29, 1.82) is 0 Å². The van der Waals surface area contributed by atoms with Gasteiger partial charge in [-0.2, -0.15) is 13.2 Å². The molecule has 2 N–H and O–H groups in total. The summed E-state index contributed by atoms with van der Waals surface area (Å²) in [5.74, 6) is -3.01. The molecule has 0 spiro atoms. The standard InChI is InChI=1S/C15H14F3NO4/c1-7-3-9-5-12(23-11(9)4-8(7)2)13(20)19-10(14(21)22)6-15(16,17)18/h3-5,10H,6H2,1-2H3,(H,19,20)(H,21,22). The predicted octanol–water partition coefficient (Wildman–Crippen LogP) is 3.19. The number of aryl methyl sites for hydroxylation is 2. The third-order valence-corrected chi connectivity index (χ3v) is 3.40. The fourth-order valence-electron chi connectivity index (χ4n) is 2.08. The number of carboxylic acid groups (broad SMARTS) is 1. The van der Waals surface area contributed by atoms with Crippen molar-refractivity contribution < 1.29 is 32.3 Å². The fourth-order valence-corrected chi connectivity index (χ4v) is 2.08. The zero-order valence-corrected chi connectivity index (χ0v) is 12.3. The molecule has 0 aliphatic heterocycles. The first kappa shape index (κ1) is 16.9. The molecule has 0 radical (unpaired) electrons. The van der Waals surface area contributed by atoms with Gasteiger partial charge in [0.2, 0.25) is 0 Å². The molecule has 0 saturated heterocycles. The van der Waals surface area contributed by atoms with Gasteiger partial charge in [0, 0.05) is 5.39 Å². The molecule has 0 saturated carbocycles. The number of nitrogens with one attached hydrogen (secondary N) is 1. The lowest BCUT2D eigenvalue weighted by Crippen LogP contribution is -2.43. The molecular formula is C15H14F3NO4. The maximum atomic E-state index is 12.3. The Balaban J connectivity index is 2.24. The number of carboxylic acids is 1. The van der Waals surface area contributed by atoms with Crippen LogP contribution in [0.4, 0.5) is 13.2 Å². The van der Waals surface area contributed by atoms with Crippen LogP contribution in [0.15, 0.2) is 22.6 Å². The summed E-state index contributed by atoms with van der Waals surface area (Å²) >= 11 is 0. The van der Waals surface area contributed by atoms with E-state index >= 15 is 0 Å². The van der Waals surface area contributed by atoms with Gasteiger partial charge >= 0.3 is 12.1 Å². The second-order valence-electron chi connectivity index (χ2n) is 5.27. The highest BCUT2D eigenvalue weighted by atomic mass is 19.4. The number of rotatable bonds is 4. The van der Waals surface area contributed by atoms with E-state index in [0.29, 0.717) is 11.0 Å². The number of hydrogen-bond donors (Lipinski definition) is 2. The molecule has 2 rings (SSSR count). The van der Waals surface area contributed by atoms with Gasteiger partial charge in [0.15, 0.2) is 5.76 Å². The number of carbonyl (C=O) groups is 2. The van der Waals surface area contributed by atoms with E-state index in [4.69, 9.17) is 9.52 Å². The van der Waals surface area contributed by atoms with E-state index in [2.05, 4.69) is 0 Å². The minimum absolute atomic E-state index is 0.238. The Hall–Kier alpha value is -2.51. The van der Waals surface area contributed by atoms with Crippen molar-refractivity contribution in [1.82, 2.24) is 5.32 Å². The van der Waals surface area contributed by atoms with E-state index in [1.54, 1.807) is 12.1 Å². The summed E-state index contributed by atoms with van der Waals surface area (Å²) in [5.41, 5.74) is 2.30. The molecule has 1 aromatic heterocycles. The lowest BCUT2D eigenvalue weighted by Gasteiger charge is -2.15. The van der Waals surface area contributed by atoms with E-state index in [-0.39, 0.29) is 5.76 Å². The van der Waals surface area contributed by atoms with Crippen LogP contribution in [0.25, 0.3) is 11.0 Å². The molecular weight excluding hydrogens is 315 g/mol. The third-order valence-electron chi connectivity index (χ3n) is 3.40. The van der Waals surface area contributed by atoms with E-state index in [1.165, 1.54) is 6.07 Å². The van der Waals surface area contributed by atoms with Crippen LogP contribution in [0.1, 0.15) is 28.1 Å². The van der Waals surface area contributed by atoms with Gasteiger partial charge in [-0.25, -0.2) is 4.79 Å². The van der Waals surface area contributed by atoms with Crippen LogP contribution >= 0.6 is 0 Å². The molecule has 1 aromatic carbocycles. The van der Waals surface area contributed by atoms with Gasteiger partial charge in [-0.1, -0.05) is 0 Å². The Morgan fingerprint density at radius 3 is 2.39 bits per heavy atom. The van der Waals surface area contributed by atoms with Gasteiger partial charge in [-0.05, 0) is 43.2 Å². The summed E-state index contributed by atoms with van der Waals surface area (Å²) < 4.78 is 42.3. The molecule has 0 bridgehead atoms. The first-order valence-electron chi connectivity index (χ1n) is 6.68. The number of halogens is 3. The fraction of sp³-hybridized carbons (Fsp3) is 0.333. The van der Waals surface area contributed by atoms with Crippen molar-refractivity contribution in [2.75, 3.05) is 0 Å². The lowest BCUT2D eigenvalue weighted by atomic mass is 10.1. The number of carbonyl (C=O) groups excluding carboxylic acids is 1. The Labute approximate surface area is 129 Å².